The predicted molar refractivity (Wildman–Crippen MR) is 72.1 cm³/mol. The molecule has 96 valence electrons. The zero-order chi connectivity index (χ0) is 13.2. The minimum Gasteiger partial charge on any atom is -0.485 e. The van der Waals surface area contributed by atoms with Gasteiger partial charge in [-0.3, -0.25) is 4.79 Å². The van der Waals surface area contributed by atoms with Gasteiger partial charge < -0.3 is 9.47 Å². The summed E-state index contributed by atoms with van der Waals surface area (Å²) in [4.78, 5) is 12.3. The van der Waals surface area contributed by atoms with E-state index in [1.807, 2.05) is 18.2 Å². The molecule has 1 atom stereocenters. The van der Waals surface area contributed by atoms with Gasteiger partial charge >= 0.3 is 0 Å². The van der Waals surface area contributed by atoms with E-state index in [2.05, 4.69) is 0 Å². The van der Waals surface area contributed by atoms with Crippen LogP contribution in [0.25, 0.3) is 0 Å². The van der Waals surface area contributed by atoms with E-state index in [1.54, 1.807) is 30.3 Å². The van der Waals surface area contributed by atoms with Gasteiger partial charge in [0.05, 0.1) is 5.02 Å². The molecule has 1 heterocycles. The molecule has 3 rings (SSSR count). The van der Waals surface area contributed by atoms with Crippen LogP contribution in [0.1, 0.15) is 10.4 Å². The second kappa shape index (κ2) is 4.94. The molecule has 0 aliphatic carbocycles. The predicted octanol–water partition coefficient (Wildman–Crippen LogP) is 3.36. The molecule has 1 unspecified atom stereocenters. The lowest BCUT2D eigenvalue weighted by Crippen LogP contribution is -2.36. The third-order valence-corrected chi connectivity index (χ3v) is 3.27. The lowest BCUT2D eigenvalue weighted by Gasteiger charge is -2.25. The highest BCUT2D eigenvalue weighted by Crippen LogP contribution is 2.32. The van der Waals surface area contributed by atoms with Crippen LogP contribution >= 0.6 is 11.6 Å². The molecule has 0 N–H and O–H groups in total. The van der Waals surface area contributed by atoms with Gasteiger partial charge in [-0.15, -0.1) is 0 Å². The van der Waals surface area contributed by atoms with Crippen molar-refractivity contribution in [3.63, 3.8) is 0 Å². The van der Waals surface area contributed by atoms with E-state index in [1.165, 1.54) is 0 Å². The average molecular weight is 275 g/mol. The van der Waals surface area contributed by atoms with Gasteiger partial charge in [-0.25, -0.2) is 0 Å². The van der Waals surface area contributed by atoms with Crippen LogP contribution in [0.3, 0.4) is 0 Å². The Morgan fingerprint density at radius 2 is 1.74 bits per heavy atom. The summed E-state index contributed by atoms with van der Waals surface area (Å²) in [5.41, 5.74) is 0.456. The number of ether oxygens (including phenoxy) is 2. The van der Waals surface area contributed by atoms with Crippen molar-refractivity contribution in [1.29, 1.82) is 0 Å². The van der Waals surface area contributed by atoms with Gasteiger partial charge in [0.15, 0.2) is 17.6 Å². The highest BCUT2D eigenvalue weighted by Gasteiger charge is 2.29. The van der Waals surface area contributed by atoms with Gasteiger partial charge in [0, 0.05) is 5.56 Å². The summed E-state index contributed by atoms with van der Waals surface area (Å²) >= 11 is 6.02. The van der Waals surface area contributed by atoms with Crippen molar-refractivity contribution in [2.45, 2.75) is 6.10 Å². The normalized spacial score (nSPS) is 17.0. The summed E-state index contributed by atoms with van der Waals surface area (Å²) < 4.78 is 11.2. The zero-order valence-electron chi connectivity index (χ0n) is 10.0. The molecule has 4 heteroatoms. The van der Waals surface area contributed by atoms with Crippen LogP contribution in [0.5, 0.6) is 11.5 Å². The number of fused-ring (bicyclic) bond motifs is 1. The maximum Gasteiger partial charge on any atom is 0.208 e. The van der Waals surface area contributed by atoms with Gasteiger partial charge in [-0.2, -0.15) is 0 Å². The first kappa shape index (κ1) is 12.1. The highest BCUT2D eigenvalue weighted by atomic mass is 35.5. The second-order valence-electron chi connectivity index (χ2n) is 4.21. The number of hydrogen-bond donors (Lipinski definition) is 0. The third-order valence-electron chi connectivity index (χ3n) is 2.94. The van der Waals surface area contributed by atoms with Gasteiger partial charge in [0.2, 0.25) is 5.78 Å². The Morgan fingerprint density at radius 3 is 2.53 bits per heavy atom. The molecule has 2 aromatic carbocycles. The van der Waals surface area contributed by atoms with Gasteiger partial charge in [-0.05, 0) is 24.3 Å². The standard InChI is InChI=1S/C15H11ClO3/c16-11-6-2-1-5-10(11)15(17)14-9-18-12-7-3-4-8-13(12)19-14/h1-8,14H,9H2. The molecular formula is C15H11ClO3. The fraction of sp³-hybridized carbons (Fsp3) is 0.133. The molecule has 0 bridgehead atoms. The van der Waals surface area contributed by atoms with Gasteiger partial charge in [0.25, 0.3) is 0 Å². The minimum absolute atomic E-state index is 0.167. The van der Waals surface area contributed by atoms with Crippen molar-refractivity contribution in [3.8, 4) is 11.5 Å². The zero-order valence-corrected chi connectivity index (χ0v) is 10.8. The second-order valence-corrected chi connectivity index (χ2v) is 4.62. The molecule has 2 aromatic rings. The smallest absolute Gasteiger partial charge is 0.208 e. The summed E-state index contributed by atoms with van der Waals surface area (Å²) in [5, 5.41) is 0.426. The first-order chi connectivity index (χ1) is 9.25. The molecule has 0 spiro atoms. The van der Waals surface area contributed by atoms with Gasteiger partial charge in [0.1, 0.15) is 6.61 Å². The molecule has 1 aliphatic heterocycles. The van der Waals surface area contributed by atoms with E-state index in [-0.39, 0.29) is 12.4 Å². The van der Waals surface area contributed by atoms with Crippen molar-refractivity contribution in [2.75, 3.05) is 6.61 Å². The van der Waals surface area contributed by atoms with Crippen LogP contribution in [-0.4, -0.2) is 18.5 Å². The van der Waals surface area contributed by atoms with E-state index in [0.717, 1.165) is 0 Å². The molecule has 0 amide bonds. The molecular weight excluding hydrogens is 264 g/mol. The number of rotatable bonds is 2. The lowest BCUT2D eigenvalue weighted by molar-refractivity contribution is 0.0586. The SMILES string of the molecule is O=C(c1ccccc1Cl)C1COc2ccccc2O1. The first-order valence-electron chi connectivity index (χ1n) is 5.93. The summed E-state index contributed by atoms with van der Waals surface area (Å²) in [6.07, 6.45) is -0.658. The Hall–Kier alpha value is -2.00. The number of hydrogen-bond acceptors (Lipinski definition) is 3. The van der Waals surface area contributed by atoms with Crippen LogP contribution in [0, 0.1) is 0 Å². The molecule has 0 saturated heterocycles. The van der Waals surface area contributed by atoms with Crippen molar-refractivity contribution >= 4 is 17.4 Å². The highest BCUT2D eigenvalue weighted by molar-refractivity contribution is 6.34. The van der Waals surface area contributed by atoms with Crippen LogP contribution in [0.2, 0.25) is 5.02 Å². The molecule has 19 heavy (non-hydrogen) atoms. The Bertz CT molecular complexity index is 624. The third kappa shape index (κ3) is 2.29. The summed E-state index contributed by atoms with van der Waals surface area (Å²) in [5.74, 6) is 1.07. The van der Waals surface area contributed by atoms with Crippen LogP contribution in [-0.2, 0) is 0 Å². The largest absolute Gasteiger partial charge is 0.485 e. The minimum atomic E-state index is -0.658. The number of carbonyl (C=O) groups excluding carboxylic acids is 1. The number of para-hydroxylation sites is 2. The molecule has 0 radical (unpaired) electrons. The van der Waals surface area contributed by atoms with Crippen molar-refractivity contribution in [1.82, 2.24) is 0 Å². The van der Waals surface area contributed by atoms with Crippen molar-refractivity contribution < 1.29 is 14.3 Å². The quantitative estimate of drug-likeness (QED) is 0.788. The van der Waals surface area contributed by atoms with E-state index in [9.17, 15) is 4.79 Å². The topological polar surface area (TPSA) is 35.5 Å². The number of ketones is 1. The number of Topliss-reactive ketones (excluding diaryl/α,β-unsaturated/α-hetero) is 1. The van der Waals surface area contributed by atoms with Crippen LogP contribution in [0.4, 0.5) is 0 Å². The van der Waals surface area contributed by atoms with E-state index in [0.29, 0.717) is 22.1 Å². The number of carbonyl (C=O) groups is 1. The first-order valence-corrected chi connectivity index (χ1v) is 6.31. The maximum atomic E-state index is 12.3. The Balaban J connectivity index is 1.86. The fourth-order valence-electron chi connectivity index (χ4n) is 1.98. The Kier molecular flexibility index (Phi) is 3.13. The molecule has 3 nitrogen and oxygen atoms in total. The lowest BCUT2D eigenvalue weighted by atomic mass is 10.1. The van der Waals surface area contributed by atoms with Crippen molar-refractivity contribution in [2.24, 2.45) is 0 Å². The monoisotopic (exact) mass is 274 g/mol. The number of halogens is 1. The van der Waals surface area contributed by atoms with E-state index in [4.69, 9.17) is 21.1 Å². The molecule has 0 aromatic heterocycles. The maximum absolute atomic E-state index is 12.3. The molecule has 0 saturated carbocycles. The Morgan fingerprint density at radius 1 is 1.05 bits per heavy atom. The van der Waals surface area contributed by atoms with E-state index >= 15 is 0 Å². The van der Waals surface area contributed by atoms with Crippen LogP contribution < -0.4 is 9.47 Å². The summed E-state index contributed by atoms with van der Waals surface area (Å²) in [6.45, 7) is 0.196. The van der Waals surface area contributed by atoms with Crippen molar-refractivity contribution in [3.05, 3.63) is 59.1 Å². The van der Waals surface area contributed by atoms with Crippen LogP contribution in [0.15, 0.2) is 48.5 Å². The van der Waals surface area contributed by atoms with E-state index < -0.39 is 6.10 Å². The van der Waals surface area contributed by atoms with Gasteiger partial charge in [-0.1, -0.05) is 35.9 Å². The average Bonchev–Trinajstić information content (AvgIpc) is 2.46. The summed E-state index contributed by atoms with van der Waals surface area (Å²) in [6, 6.07) is 14.2. The Labute approximate surface area is 115 Å². The molecule has 0 fully saturated rings. The summed E-state index contributed by atoms with van der Waals surface area (Å²) in [7, 11) is 0. The number of benzene rings is 2. The fourth-order valence-corrected chi connectivity index (χ4v) is 2.21. The molecule has 1 aliphatic rings.